The minimum atomic E-state index is -4.63. The molecule has 0 aliphatic heterocycles. The number of hydrogen-bond donors (Lipinski definition) is 1. The van der Waals surface area contributed by atoms with E-state index in [1.807, 2.05) is 0 Å². The van der Waals surface area contributed by atoms with Crippen LogP contribution in [-0.2, 0) is 21.0 Å². The molecule has 0 fully saturated rings. The highest BCUT2D eigenvalue weighted by Gasteiger charge is 2.34. The van der Waals surface area contributed by atoms with E-state index < -0.39 is 33.8 Å². The van der Waals surface area contributed by atoms with Gasteiger partial charge in [0.1, 0.15) is 5.75 Å². The van der Waals surface area contributed by atoms with E-state index in [1.165, 1.54) is 18.2 Å². The number of aliphatic carboxylic acids is 1. The molecule has 0 bridgehead atoms. The molecule has 0 amide bonds. The Morgan fingerprint density at radius 2 is 1.79 bits per heavy atom. The molecule has 180 valence electrons. The van der Waals surface area contributed by atoms with Crippen molar-refractivity contribution in [2.75, 3.05) is 10.9 Å². The van der Waals surface area contributed by atoms with Crippen LogP contribution < -0.4 is 9.04 Å². The summed E-state index contributed by atoms with van der Waals surface area (Å²) in [4.78, 5) is 10.5. The molecule has 0 saturated heterocycles. The average molecular weight is 486 g/mol. The number of alkyl halides is 3. The molecular weight excluding hydrogens is 459 g/mol. The number of anilines is 1. The number of benzene rings is 2. The molecule has 0 aliphatic rings. The number of carboxylic acids is 1. The molecule has 0 aliphatic carbocycles. The van der Waals surface area contributed by atoms with Crippen molar-refractivity contribution in [3.8, 4) is 5.75 Å². The topological polar surface area (TPSA) is 83.9 Å². The number of carbonyl (C=O) groups is 1. The summed E-state index contributed by atoms with van der Waals surface area (Å²) in [5.41, 5.74) is -0.945. The fourth-order valence-corrected chi connectivity index (χ4v) is 4.80. The van der Waals surface area contributed by atoms with Crippen LogP contribution in [0.1, 0.15) is 38.7 Å². The lowest BCUT2D eigenvalue weighted by Crippen LogP contribution is -2.37. The number of nitrogens with zero attached hydrogens (tertiary/aromatic N) is 1. The van der Waals surface area contributed by atoms with E-state index in [2.05, 4.69) is 0 Å². The van der Waals surface area contributed by atoms with Crippen LogP contribution >= 0.6 is 0 Å². The molecule has 0 saturated carbocycles. The van der Waals surface area contributed by atoms with E-state index in [-0.39, 0.29) is 22.9 Å². The van der Waals surface area contributed by atoms with Crippen molar-refractivity contribution in [2.24, 2.45) is 0 Å². The second-order valence-electron chi connectivity index (χ2n) is 7.47. The minimum absolute atomic E-state index is 0.00706. The molecule has 0 aromatic heterocycles. The van der Waals surface area contributed by atoms with Gasteiger partial charge in [0, 0.05) is 12.1 Å². The summed E-state index contributed by atoms with van der Waals surface area (Å²) in [6, 6.07) is 9.76. The number of halogens is 3. The Morgan fingerprint density at radius 1 is 1.12 bits per heavy atom. The second-order valence-corrected chi connectivity index (χ2v) is 9.29. The standard InChI is InChI=1S/C23H26F3NO5S/c1-17(2)27(33(30,31)19-10-6-5-7-11-19)20-14-13-18(23(24,25)26)16-21(20)32-15-9-4-3-8-12-22(28)29/h5-8,10-14,16-17H,3-4,9,15H2,1-2H3,(H,28,29). The zero-order valence-corrected chi connectivity index (χ0v) is 19.1. The summed E-state index contributed by atoms with van der Waals surface area (Å²) in [6.07, 6.45) is -0.683. The van der Waals surface area contributed by atoms with Crippen molar-refractivity contribution in [2.45, 2.75) is 50.2 Å². The largest absolute Gasteiger partial charge is 0.491 e. The molecule has 0 heterocycles. The minimum Gasteiger partial charge on any atom is -0.491 e. The van der Waals surface area contributed by atoms with Crippen LogP contribution in [0.15, 0.2) is 65.6 Å². The van der Waals surface area contributed by atoms with Crippen LogP contribution in [0.2, 0.25) is 0 Å². The van der Waals surface area contributed by atoms with Crippen LogP contribution in [0.5, 0.6) is 5.75 Å². The van der Waals surface area contributed by atoms with Gasteiger partial charge in [-0.15, -0.1) is 0 Å². The van der Waals surface area contributed by atoms with E-state index >= 15 is 0 Å². The van der Waals surface area contributed by atoms with Crippen molar-refractivity contribution in [1.82, 2.24) is 0 Å². The summed E-state index contributed by atoms with van der Waals surface area (Å²) in [7, 11) is -4.07. The average Bonchev–Trinajstić information content (AvgIpc) is 2.73. The van der Waals surface area contributed by atoms with Crippen LogP contribution in [0, 0.1) is 0 Å². The highest BCUT2D eigenvalue weighted by Crippen LogP contribution is 2.39. The molecule has 2 rings (SSSR count). The number of sulfonamides is 1. The van der Waals surface area contributed by atoms with Gasteiger partial charge < -0.3 is 9.84 Å². The first-order valence-electron chi connectivity index (χ1n) is 10.3. The fourth-order valence-electron chi connectivity index (χ4n) is 3.11. The van der Waals surface area contributed by atoms with E-state index in [1.54, 1.807) is 32.0 Å². The van der Waals surface area contributed by atoms with Crippen molar-refractivity contribution in [3.05, 3.63) is 66.2 Å². The van der Waals surface area contributed by atoms with E-state index in [0.29, 0.717) is 19.3 Å². The molecule has 33 heavy (non-hydrogen) atoms. The second kappa shape index (κ2) is 11.2. The van der Waals surface area contributed by atoms with Crippen molar-refractivity contribution in [1.29, 1.82) is 0 Å². The Labute approximate surface area is 191 Å². The zero-order valence-electron chi connectivity index (χ0n) is 18.2. The SMILES string of the molecule is CC(C)N(c1ccc(C(F)(F)F)cc1OCCCCC=CC(=O)O)S(=O)(=O)c1ccccc1. The van der Waals surface area contributed by atoms with Gasteiger partial charge >= 0.3 is 12.1 Å². The zero-order chi connectivity index (χ0) is 24.6. The van der Waals surface area contributed by atoms with Gasteiger partial charge in [0.05, 0.1) is 22.8 Å². The Bertz CT molecular complexity index is 1070. The summed E-state index contributed by atoms with van der Waals surface area (Å²) in [5.74, 6) is -1.26. The van der Waals surface area contributed by atoms with Gasteiger partial charge in [0.2, 0.25) is 0 Å². The Kier molecular flexibility index (Phi) is 8.92. The lowest BCUT2D eigenvalue weighted by atomic mass is 10.1. The number of ether oxygens (including phenoxy) is 1. The van der Waals surface area contributed by atoms with Crippen molar-refractivity contribution in [3.63, 3.8) is 0 Å². The van der Waals surface area contributed by atoms with Gasteiger partial charge in [0.25, 0.3) is 10.0 Å². The predicted molar refractivity (Wildman–Crippen MR) is 119 cm³/mol. The van der Waals surface area contributed by atoms with Gasteiger partial charge in [-0.3, -0.25) is 4.31 Å². The highest BCUT2D eigenvalue weighted by molar-refractivity contribution is 7.92. The summed E-state index contributed by atoms with van der Waals surface area (Å²) in [6.45, 7) is 3.28. The van der Waals surface area contributed by atoms with Crippen LogP contribution in [-0.4, -0.2) is 32.1 Å². The van der Waals surface area contributed by atoms with E-state index in [4.69, 9.17) is 9.84 Å². The monoisotopic (exact) mass is 485 g/mol. The molecule has 0 spiro atoms. The third-order valence-electron chi connectivity index (χ3n) is 4.58. The normalized spacial score (nSPS) is 12.3. The number of carboxylic acid groups (broad SMARTS) is 1. The number of rotatable bonds is 11. The maximum Gasteiger partial charge on any atom is 0.416 e. The van der Waals surface area contributed by atoms with E-state index in [0.717, 1.165) is 28.6 Å². The first-order chi connectivity index (χ1) is 15.4. The third-order valence-corrected chi connectivity index (χ3v) is 6.58. The summed E-state index contributed by atoms with van der Waals surface area (Å²) in [5, 5.41) is 8.57. The number of unbranched alkanes of at least 4 members (excludes halogenated alkanes) is 2. The van der Waals surface area contributed by atoms with Crippen molar-refractivity contribution >= 4 is 21.7 Å². The molecule has 2 aromatic rings. The molecule has 0 radical (unpaired) electrons. The van der Waals surface area contributed by atoms with E-state index in [9.17, 15) is 26.4 Å². The maximum atomic E-state index is 13.3. The molecule has 0 unspecified atom stereocenters. The van der Waals surface area contributed by atoms with Gasteiger partial charge in [-0.2, -0.15) is 13.2 Å². The molecular formula is C23H26F3NO5S. The first-order valence-corrected chi connectivity index (χ1v) is 11.7. The number of hydrogen-bond acceptors (Lipinski definition) is 4. The predicted octanol–water partition coefficient (Wildman–Crippen LogP) is 5.50. The van der Waals surface area contributed by atoms with Gasteiger partial charge in [0.15, 0.2) is 0 Å². The fraction of sp³-hybridized carbons (Fsp3) is 0.348. The van der Waals surface area contributed by atoms with Gasteiger partial charge in [-0.25, -0.2) is 13.2 Å². The number of allylic oxidation sites excluding steroid dienone is 1. The molecule has 2 aromatic carbocycles. The van der Waals surface area contributed by atoms with Gasteiger partial charge in [-0.1, -0.05) is 24.3 Å². The third kappa shape index (κ3) is 7.24. The van der Waals surface area contributed by atoms with Crippen LogP contribution in [0.25, 0.3) is 0 Å². The quantitative estimate of drug-likeness (QED) is 0.336. The summed E-state index contributed by atoms with van der Waals surface area (Å²) >= 11 is 0. The summed E-state index contributed by atoms with van der Waals surface area (Å²) < 4.78 is 73.2. The lowest BCUT2D eigenvalue weighted by Gasteiger charge is -2.30. The first kappa shape index (κ1) is 26.2. The molecule has 1 N–H and O–H groups in total. The Hall–Kier alpha value is -3.01. The Balaban J connectivity index is 2.36. The van der Waals surface area contributed by atoms with Crippen LogP contribution in [0.4, 0.5) is 18.9 Å². The van der Waals surface area contributed by atoms with Crippen LogP contribution in [0.3, 0.4) is 0 Å². The lowest BCUT2D eigenvalue weighted by molar-refractivity contribution is -0.137. The smallest absolute Gasteiger partial charge is 0.416 e. The van der Waals surface area contributed by atoms with Gasteiger partial charge in [-0.05, 0) is 63.4 Å². The Morgan fingerprint density at radius 3 is 2.36 bits per heavy atom. The maximum absolute atomic E-state index is 13.3. The highest BCUT2D eigenvalue weighted by atomic mass is 32.2. The van der Waals surface area contributed by atoms with Crippen molar-refractivity contribution < 1.29 is 36.2 Å². The molecule has 10 heteroatoms. The molecule has 0 atom stereocenters. The molecule has 6 nitrogen and oxygen atoms in total.